The highest BCUT2D eigenvalue weighted by molar-refractivity contribution is 5.99. The lowest BCUT2D eigenvalue weighted by atomic mass is 10.1. The van der Waals surface area contributed by atoms with Crippen molar-refractivity contribution in [3.8, 4) is 5.75 Å². The van der Waals surface area contributed by atoms with E-state index in [4.69, 9.17) is 9.15 Å². The van der Waals surface area contributed by atoms with Crippen LogP contribution in [-0.2, 0) is 6.61 Å². The minimum atomic E-state index is -0.176. The summed E-state index contributed by atoms with van der Waals surface area (Å²) in [6.45, 7) is 4.09. The van der Waals surface area contributed by atoms with Crippen molar-refractivity contribution in [2.45, 2.75) is 13.5 Å². The third-order valence-corrected chi connectivity index (χ3v) is 6.17. The number of fused-ring (bicyclic) bond motifs is 1. The van der Waals surface area contributed by atoms with E-state index in [1.54, 1.807) is 9.80 Å². The maximum Gasteiger partial charge on any atom is 0.290 e. The second-order valence-corrected chi connectivity index (χ2v) is 8.46. The van der Waals surface area contributed by atoms with Crippen LogP contribution < -0.4 is 4.74 Å². The number of furan rings is 1. The zero-order valence-electron chi connectivity index (χ0n) is 19.1. The first-order valence-electron chi connectivity index (χ1n) is 11.4. The van der Waals surface area contributed by atoms with Crippen LogP contribution in [0, 0.1) is 6.92 Å². The molecule has 1 fully saturated rings. The molecule has 3 aromatic carbocycles. The quantitative estimate of drug-likeness (QED) is 0.430. The molecule has 1 saturated heterocycles. The molecule has 172 valence electrons. The minimum absolute atomic E-state index is 0.00668. The number of carbonyl (C=O) groups excluding carboxylic acids is 2. The van der Waals surface area contributed by atoms with Crippen molar-refractivity contribution in [1.29, 1.82) is 0 Å². The molecule has 0 radical (unpaired) electrons. The van der Waals surface area contributed by atoms with Crippen LogP contribution in [0.2, 0.25) is 0 Å². The Kier molecular flexibility index (Phi) is 6.04. The highest BCUT2D eigenvalue weighted by atomic mass is 16.5. The molecule has 6 nitrogen and oxygen atoms in total. The van der Waals surface area contributed by atoms with Crippen LogP contribution in [0.4, 0.5) is 0 Å². The molecule has 2 amide bonds. The summed E-state index contributed by atoms with van der Waals surface area (Å²) in [4.78, 5) is 29.8. The highest BCUT2D eigenvalue weighted by Crippen LogP contribution is 2.28. The van der Waals surface area contributed by atoms with Crippen molar-refractivity contribution in [2.24, 2.45) is 0 Å². The molecule has 5 rings (SSSR count). The Morgan fingerprint density at radius 2 is 1.41 bits per heavy atom. The first-order valence-corrected chi connectivity index (χ1v) is 11.4. The number of carbonyl (C=O) groups is 2. The maximum atomic E-state index is 13.5. The third-order valence-electron chi connectivity index (χ3n) is 6.17. The summed E-state index contributed by atoms with van der Waals surface area (Å²) >= 11 is 0. The summed E-state index contributed by atoms with van der Waals surface area (Å²) in [5, 5.41) is 0.870. The predicted molar refractivity (Wildman–Crippen MR) is 130 cm³/mol. The molecule has 2 heterocycles. The van der Waals surface area contributed by atoms with Crippen LogP contribution in [-0.4, -0.2) is 47.8 Å². The zero-order valence-corrected chi connectivity index (χ0v) is 19.1. The zero-order chi connectivity index (χ0) is 23.5. The average molecular weight is 455 g/mol. The number of para-hydroxylation sites is 2. The molecule has 1 aliphatic heterocycles. The minimum Gasteiger partial charge on any atom is -0.489 e. The van der Waals surface area contributed by atoms with Gasteiger partial charge in [-0.3, -0.25) is 9.59 Å². The molecule has 0 spiro atoms. The van der Waals surface area contributed by atoms with Crippen molar-refractivity contribution in [2.75, 3.05) is 26.2 Å². The van der Waals surface area contributed by atoms with Crippen molar-refractivity contribution < 1.29 is 18.7 Å². The molecule has 0 saturated carbocycles. The lowest BCUT2D eigenvalue weighted by Crippen LogP contribution is -2.50. The van der Waals surface area contributed by atoms with Crippen LogP contribution in [0.25, 0.3) is 11.0 Å². The Balaban J connectivity index is 1.31. The molecule has 0 N–H and O–H groups in total. The van der Waals surface area contributed by atoms with Gasteiger partial charge in [0.05, 0.1) is 0 Å². The van der Waals surface area contributed by atoms with E-state index in [1.807, 2.05) is 85.8 Å². The smallest absolute Gasteiger partial charge is 0.290 e. The Labute approximate surface area is 198 Å². The number of amides is 2. The monoisotopic (exact) mass is 454 g/mol. The Bertz CT molecular complexity index is 1300. The number of hydrogen-bond donors (Lipinski definition) is 0. The van der Waals surface area contributed by atoms with Gasteiger partial charge in [0, 0.05) is 42.7 Å². The molecule has 0 aliphatic carbocycles. The lowest BCUT2D eigenvalue weighted by Gasteiger charge is -2.34. The van der Waals surface area contributed by atoms with Crippen LogP contribution in [0.15, 0.2) is 83.3 Å². The van der Waals surface area contributed by atoms with Gasteiger partial charge in [-0.2, -0.15) is 0 Å². The molecule has 6 heteroatoms. The third kappa shape index (κ3) is 4.39. The molecule has 0 bridgehead atoms. The molecule has 1 aromatic heterocycles. The average Bonchev–Trinajstić information content (AvgIpc) is 3.26. The van der Waals surface area contributed by atoms with Crippen LogP contribution in [0.1, 0.15) is 32.0 Å². The van der Waals surface area contributed by atoms with Gasteiger partial charge >= 0.3 is 0 Å². The van der Waals surface area contributed by atoms with Gasteiger partial charge in [0.1, 0.15) is 17.9 Å². The van der Waals surface area contributed by atoms with E-state index in [2.05, 4.69) is 0 Å². The van der Waals surface area contributed by atoms with E-state index in [0.717, 1.165) is 22.3 Å². The first-order chi connectivity index (χ1) is 16.6. The van der Waals surface area contributed by atoms with Gasteiger partial charge < -0.3 is 19.0 Å². The number of aryl methyl sites for hydroxylation is 1. The van der Waals surface area contributed by atoms with Gasteiger partial charge in [0.15, 0.2) is 5.76 Å². The van der Waals surface area contributed by atoms with E-state index in [0.29, 0.717) is 43.1 Å². The van der Waals surface area contributed by atoms with E-state index >= 15 is 0 Å². The molecule has 0 atom stereocenters. The molecular formula is C28H26N2O4. The van der Waals surface area contributed by atoms with Gasteiger partial charge in [0.25, 0.3) is 11.8 Å². The maximum absolute atomic E-state index is 13.5. The van der Waals surface area contributed by atoms with Crippen LogP contribution in [0.3, 0.4) is 0 Å². The van der Waals surface area contributed by atoms with Crippen molar-refractivity contribution in [1.82, 2.24) is 9.80 Å². The normalized spacial score (nSPS) is 13.8. The largest absolute Gasteiger partial charge is 0.489 e. The predicted octanol–water partition coefficient (Wildman–Crippen LogP) is 4.92. The van der Waals surface area contributed by atoms with E-state index in [9.17, 15) is 9.59 Å². The Hall–Kier alpha value is -4.06. The number of hydrogen-bond acceptors (Lipinski definition) is 4. The Morgan fingerprint density at radius 3 is 2.12 bits per heavy atom. The summed E-state index contributed by atoms with van der Waals surface area (Å²) in [7, 11) is 0. The summed E-state index contributed by atoms with van der Waals surface area (Å²) in [6.07, 6.45) is 0. The summed E-state index contributed by atoms with van der Waals surface area (Å²) in [5.74, 6) is 0.850. The molecule has 0 unspecified atom stereocenters. The topological polar surface area (TPSA) is 63.0 Å². The van der Waals surface area contributed by atoms with Gasteiger partial charge in [0.2, 0.25) is 0 Å². The number of piperazine rings is 1. The SMILES string of the molecule is Cc1ccc(C(=O)N2CCN(C(=O)c3oc4ccccc4c3COc3ccccc3)CC2)cc1. The summed E-state index contributed by atoms with van der Waals surface area (Å²) < 4.78 is 12.0. The van der Waals surface area contributed by atoms with E-state index in [1.165, 1.54) is 0 Å². The fourth-order valence-corrected chi connectivity index (χ4v) is 4.22. The van der Waals surface area contributed by atoms with Gasteiger partial charge in [-0.1, -0.05) is 54.1 Å². The second kappa shape index (κ2) is 9.43. The summed E-state index contributed by atoms with van der Waals surface area (Å²) in [5.41, 5.74) is 3.18. The van der Waals surface area contributed by atoms with Crippen LogP contribution >= 0.6 is 0 Å². The van der Waals surface area contributed by atoms with Crippen LogP contribution in [0.5, 0.6) is 5.75 Å². The molecule has 1 aliphatic rings. The molecule has 4 aromatic rings. The highest BCUT2D eigenvalue weighted by Gasteiger charge is 2.30. The first kappa shape index (κ1) is 21.8. The number of rotatable bonds is 5. The molecule has 34 heavy (non-hydrogen) atoms. The fraction of sp³-hybridized carbons (Fsp3) is 0.214. The standard InChI is InChI=1S/C28H26N2O4/c1-20-11-13-21(14-12-20)27(31)29-15-17-30(18-16-29)28(32)26-24(19-33-22-7-3-2-4-8-22)23-9-5-6-10-25(23)34-26/h2-14H,15-19H2,1H3. The summed E-state index contributed by atoms with van der Waals surface area (Å²) in [6, 6.07) is 24.7. The Morgan fingerprint density at radius 1 is 0.794 bits per heavy atom. The number of nitrogens with zero attached hydrogens (tertiary/aromatic N) is 2. The van der Waals surface area contributed by atoms with Gasteiger partial charge in [-0.25, -0.2) is 0 Å². The fourth-order valence-electron chi connectivity index (χ4n) is 4.22. The number of ether oxygens (including phenoxy) is 1. The van der Waals surface area contributed by atoms with Gasteiger partial charge in [-0.15, -0.1) is 0 Å². The van der Waals surface area contributed by atoms with Crippen molar-refractivity contribution in [3.05, 3.63) is 101 Å². The molecular weight excluding hydrogens is 428 g/mol. The lowest BCUT2D eigenvalue weighted by molar-refractivity contribution is 0.0517. The van der Waals surface area contributed by atoms with E-state index in [-0.39, 0.29) is 18.4 Å². The van der Waals surface area contributed by atoms with Gasteiger partial charge in [-0.05, 0) is 37.3 Å². The van der Waals surface area contributed by atoms with Crippen molar-refractivity contribution in [3.63, 3.8) is 0 Å². The van der Waals surface area contributed by atoms with Crippen molar-refractivity contribution >= 4 is 22.8 Å². The van der Waals surface area contributed by atoms with E-state index < -0.39 is 0 Å². The second-order valence-electron chi connectivity index (χ2n) is 8.46. The number of benzene rings is 3.